The minimum Gasteiger partial charge on any atom is -1.00 e. The number of hydrogen-bond donors (Lipinski definition) is 3. The number of nitrogens with zero attached hydrogens (tertiary/aromatic N) is 3. The van der Waals surface area contributed by atoms with Crippen LogP contribution in [0, 0.1) is 30.3 Å². The van der Waals surface area contributed by atoms with E-state index in [9.17, 15) is 0 Å². The fraction of sp³-hybridized carbons (Fsp3) is 0. The van der Waals surface area contributed by atoms with Crippen molar-refractivity contribution in [1.29, 1.82) is 0 Å². The van der Waals surface area contributed by atoms with Gasteiger partial charge in [0.2, 0.25) is 0 Å². The minimum absolute atomic E-state index is 0. The van der Waals surface area contributed by atoms with Crippen molar-refractivity contribution in [2.75, 3.05) is 0 Å². The third kappa shape index (κ3) is 256. The Labute approximate surface area is 649 Å². The van der Waals surface area contributed by atoms with Gasteiger partial charge in [0.05, 0.1) is 0 Å². The second kappa shape index (κ2) is 113. The van der Waals surface area contributed by atoms with Crippen LogP contribution in [-0.4, -0.2) is 597 Å². The van der Waals surface area contributed by atoms with Crippen molar-refractivity contribution in [3.8, 4) is 0 Å². The SMILES string of the molecule is O=[N+]([O-])O.O=[N+]([O-])O.O=[N+]([O-])O.[Ca+2].[Ca+2].[Ca+2].[Ca+2].[Ca+2].[Ca+2].[Ca+2].[Ca+2].[Ca+2].[Ca+2].[Ca+2].[Ca+2].[Ca+2].[Ca+2].[Ca+2].[H-].[H-].[H-].[H-].[H-].[H-].[H-].[H-].[H-].[H-].[H-].[H-].[H-].[H-].[H-].[H-].[H-].[H-].[H-].[H-].[H-].[H-].[H-].[H-].[H-].[H-].[H-].[H-].[H-].[H-]. The molecule has 132 valence electrons. The molecule has 0 saturated heterocycles. The molecule has 0 bridgehead atoms. The largest absolute Gasteiger partial charge is 2.00 e. The molecule has 0 aliphatic carbocycles. The Hall–Kier alpha value is 16.5. The van der Waals surface area contributed by atoms with E-state index in [1.165, 1.54) is 0 Å². The maximum absolute atomic E-state index is 8.36. The summed E-state index contributed by atoms with van der Waals surface area (Å²) in [5, 5.41) is 40.9. The van der Waals surface area contributed by atoms with Gasteiger partial charge in [-0.05, 0) is 0 Å². The van der Waals surface area contributed by atoms with Gasteiger partial charge in [0.1, 0.15) is 0 Å². The predicted octanol–water partition coefficient (Wildman–Crippen LogP) is -3.38. The second-order valence-corrected chi connectivity index (χ2v) is 0.714. The molecule has 0 spiro atoms. The Morgan fingerprint density at radius 3 is 0.370 bits per heavy atom. The van der Waals surface area contributed by atoms with Crippen LogP contribution in [0.15, 0.2) is 0 Å². The fourth-order valence-electron chi connectivity index (χ4n) is 0. The van der Waals surface area contributed by atoms with E-state index in [0.29, 0.717) is 0 Å². The normalized spacial score (nSPS) is 2.67. The van der Waals surface area contributed by atoms with E-state index in [1.807, 2.05) is 0 Å². The smallest absolute Gasteiger partial charge is 1.00 e. The average Bonchev–Trinajstić information content (AvgIpc) is 1.54. The van der Waals surface area contributed by atoms with Gasteiger partial charge in [-0.2, -0.15) is 0 Å². The van der Waals surface area contributed by atoms with Gasteiger partial charge < -0.3 is 58.4 Å². The van der Waals surface area contributed by atoms with E-state index in [2.05, 4.69) is 0 Å². The molecule has 0 amide bonds. The Morgan fingerprint density at radius 1 is 0.370 bits per heavy atom. The van der Waals surface area contributed by atoms with Gasteiger partial charge >= 0.3 is 566 Å². The van der Waals surface area contributed by atoms with Crippen LogP contribution < -0.4 is 0 Å². The van der Waals surface area contributed by atoms with Crippen LogP contribution in [0.4, 0.5) is 0 Å². The van der Waals surface area contributed by atoms with Gasteiger partial charge in [-0.3, -0.25) is 0 Å². The summed E-state index contributed by atoms with van der Waals surface area (Å²) in [4.78, 5) is 25.1. The van der Waals surface area contributed by atoms with Crippen LogP contribution in [0.5, 0.6) is 0 Å². The Bertz CT molecular complexity index is 191. The third-order valence-corrected chi connectivity index (χ3v) is 0. The van der Waals surface area contributed by atoms with E-state index in [1.54, 1.807) is 0 Å². The maximum atomic E-state index is 8.36. The zero-order chi connectivity index (χ0) is 10.7. The molecule has 27 heavy (non-hydrogen) atoms. The maximum Gasteiger partial charge on any atom is 2.00 e. The van der Waals surface area contributed by atoms with Crippen LogP contribution in [-0.2, 0) is 0 Å². The molecule has 0 fully saturated rings. The van der Waals surface area contributed by atoms with Crippen molar-refractivity contribution in [3.63, 3.8) is 0 Å². The van der Waals surface area contributed by atoms with Gasteiger partial charge in [-0.1, -0.05) is 0 Å². The number of rotatable bonds is 0. The van der Waals surface area contributed by atoms with E-state index in [4.69, 9.17) is 46.0 Å². The average molecular weight is 820 g/mol. The van der Waals surface area contributed by atoms with E-state index in [0.717, 1.165) is 0 Å². The van der Waals surface area contributed by atoms with Crippen LogP contribution in [0.3, 0.4) is 0 Å². The summed E-state index contributed by atoms with van der Waals surface area (Å²) < 4.78 is 0. The molecule has 0 aliphatic heterocycles. The monoisotopic (exact) mass is 819 g/mol. The molecule has 27 heteroatoms. The van der Waals surface area contributed by atoms with Gasteiger partial charge in [0.25, 0.3) is 15.3 Å². The molecule has 0 unspecified atom stereocenters. The van der Waals surface area contributed by atoms with Gasteiger partial charge in [0.15, 0.2) is 0 Å². The van der Waals surface area contributed by atoms with Crippen LogP contribution in [0.2, 0.25) is 0 Å². The first kappa shape index (κ1) is 121. The summed E-state index contributed by atoms with van der Waals surface area (Å²) in [5.41, 5.74) is 0. The zero-order valence-corrected chi connectivity index (χ0v) is 48.9. The van der Waals surface area contributed by atoms with Gasteiger partial charge in [-0.15, -0.1) is 30.3 Å². The fourth-order valence-corrected chi connectivity index (χ4v) is 0. The molecule has 0 heterocycles. The molecule has 0 aliphatic rings. The summed E-state index contributed by atoms with van der Waals surface area (Å²) in [6, 6.07) is 0. The van der Waals surface area contributed by atoms with Crippen LogP contribution in [0.1, 0.15) is 42.8 Å². The first-order valence-electron chi connectivity index (χ1n) is 1.70. The van der Waals surface area contributed by atoms with E-state index in [-0.39, 0.29) is 609 Å². The van der Waals surface area contributed by atoms with Crippen molar-refractivity contribution < 1.29 is 73.7 Å². The molecule has 0 saturated carbocycles. The van der Waals surface area contributed by atoms with Crippen molar-refractivity contribution in [3.05, 3.63) is 30.3 Å². The van der Waals surface area contributed by atoms with E-state index >= 15 is 0 Å². The molecule has 0 aromatic heterocycles. The summed E-state index contributed by atoms with van der Waals surface area (Å²) in [6.07, 6.45) is 0. The Balaban J connectivity index is -0.000000000332. The molecule has 12 nitrogen and oxygen atoms in total. The molecular weight excluding hydrogens is 787 g/mol. The zero-order valence-electron chi connectivity index (χ0n) is 45.7. The standard InChI is InChI=1S/15Ca.3HNO3.30H/c;;;;;;;;;;;;;;;3*2-1(3)4;;;;;;;;;;;;;;;;;;;;;;;;;;;;;;/h;;;;;;;;;;;;;;;3*(H,2,3,4);;;;;;;;;;;;;;;;;;;;;;;;;;;;;;/q15*+2;;;;30*-1. The summed E-state index contributed by atoms with van der Waals surface area (Å²) in [6.45, 7) is 0. The summed E-state index contributed by atoms with van der Waals surface area (Å²) in [5.74, 6) is 0. The predicted molar refractivity (Wildman–Crippen MR) is 146 cm³/mol. The van der Waals surface area contributed by atoms with Crippen molar-refractivity contribution in [1.82, 2.24) is 0 Å². The Morgan fingerprint density at radius 2 is 0.370 bits per heavy atom. The van der Waals surface area contributed by atoms with Crippen LogP contribution >= 0.6 is 0 Å². The third-order valence-electron chi connectivity index (χ3n) is 0. The quantitative estimate of drug-likeness (QED) is 0.127. The van der Waals surface area contributed by atoms with Crippen molar-refractivity contribution >= 4 is 566 Å². The first-order chi connectivity index (χ1) is 5.20. The molecular formula is H33Ca15N3O9. The minimum atomic E-state index is -1.50. The second-order valence-electron chi connectivity index (χ2n) is 0.714. The van der Waals surface area contributed by atoms with Crippen LogP contribution in [0.25, 0.3) is 0 Å². The topological polar surface area (TPSA) is 190 Å². The summed E-state index contributed by atoms with van der Waals surface area (Å²) in [7, 11) is 0. The molecule has 0 radical (unpaired) electrons. The number of hydrogen-bond acceptors (Lipinski definition) is 6. The first-order valence-corrected chi connectivity index (χ1v) is 1.70. The van der Waals surface area contributed by atoms with Crippen molar-refractivity contribution in [2.45, 2.75) is 0 Å². The van der Waals surface area contributed by atoms with Gasteiger partial charge in [0, 0.05) is 0 Å². The summed E-state index contributed by atoms with van der Waals surface area (Å²) >= 11 is 0. The molecule has 0 aromatic rings. The molecule has 0 atom stereocenters. The van der Waals surface area contributed by atoms with E-state index < -0.39 is 15.3 Å². The molecule has 0 aromatic carbocycles. The molecule has 3 N–H and O–H groups in total. The van der Waals surface area contributed by atoms with Gasteiger partial charge in [-0.25, -0.2) is 0 Å². The van der Waals surface area contributed by atoms with Crippen molar-refractivity contribution in [2.24, 2.45) is 0 Å². The Kier molecular flexibility index (Phi) is 504. The molecule has 0 rings (SSSR count).